The van der Waals surface area contributed by atoms with Gasteiger partial charge in [-0.25, -0.2) is 9.97 Å². The third kappa shape index (κ3) is 3.42. The second-order valence-corrected chi connectivity index (χ2v) is 6.02. The van der Waals surface area contributed by atoms with Crippen LogP contribution in [-0.2, 0) is 17.6 Å². The van der Waals surface area contributed by atoms with Crippen LogP contribution in [0.25, 0.3) is 0 Å². The Kier molecular flexibility index (Phi) is 4.49. The van der Waals surface area contributed by atoms with E-state index in [1.807, 2.05) is 25.3 Å². The van der Waals surface area contributed by atoms with Crippen molar-refractivity contribution in [2.75, 3.05) is 0 Å². The summed E-state index contributed by atoms with van der Waals surface area (Å²) in [5.74, 6) is -0.403. The summed E-state index contributed by atoms with van der Waals surface area (Å²) in [5, 5.41) is 11.1. The van der Waals surface area contributed by atoms with Crippen LogP contribution in [0, 0.1) is 19.8 Å². The molecule has 0 aliphatic heterocycles. The van der Waals surface area contributed by atoms with Gasteiger partial charge in [-0.2, -0.15) is 0 Å². The summed E-state index contributed by atoms with van der Waals surface area (Å²) in [6.45, 7) is 5.56. The number of aromatic nitrogens is 2. The van der Waals surface area contributed by atoms with Gasteiger partial charge in [-0.05, 0) is 37.3 Å². The Balaban J connectivity index is 2.22. The monoisotopic (exact) mass is 290 g/mol. The molecule has 0 aliphatic rings. The van der Waals surface area contributed by atoms with Crippen molar-refractivity contribution in [2.24, 2.45) is 5.92 Å². The van der Waals surface area contributed by atoms with Crippen LogP contribution in [0.5, 0.6) is 0 Å². The molecule has 0 bridgehead atoms. The van der Waals surface area contributed by atoms with E-state index in [-0.39, 0.29) is 0 Å². The molecule has 2 aromatic heterocycles. The van der Waals surface area contributed by atoms with Gasteiger partial charge in [-0.1, -0.05) is 13.0 Å². The van der Waals surface area contributed by atoms with Gasteiger partial charge in [0.25, 0.3) is 0 Å². The van der Waals surface area contributed by atoms with Gasteiger partial charge in [0.1, 0.15) is 5.82 Å². The molecule has 4 nitrogen and oxygen atoms in total. The average Bonchev–Trinajstić information content (AvgIpc) is 2.86. The second-order valence-electron chi connectivity index (χ2n) is 4.99. The predicted molar refractivity (Wildman–Crippen MR) is 79.1 cm³/mol. The Morgan fingerprint density at radius 2 is 2.00 bits per heavy atom. The van der Waals surface area contributed by atoms with E-state index in [0.29, 0.717) is 6.42 Å². The topological polar surface area (TPSA) is 63.1 Å². The molecule has 0 aliphatic carbocycles. The number of carboxylic acid groups (broad SMARTS) is 1. The standard InChI is InChI=1S/C15H18N2O2S/c1-9(15(18)19)7-13-10(2)16-14(17-11(13)3)8-12-5-4-6-20-12/h4-6,9H,7-8H2,1-3H3,(H,18,19). The highest BCUT2D eigenvalue weighted by Crippen LogP contribution is 2.18. The first-order valence-corrected chi connectivity index (χ1v) is 7.43. The minimum absolute atomic E-state index is 0.417. The Hall–Kier alpha value is -1.75. The van der Waals surface area contributed by atoms with E-state index >= 15 is 0 Å². The Morgan fingerprint density at radius 3 is 2.50 bits per heavy atom. The van der Waals surface area contributed by atoms with Crippen LogP contribution < -0.4 is 0 Å². The van der Waals surface area contributed by atoms with Gasteiger partial charge in [0.15, 0.2) is 0 Å². The molecule has 0 saturated carbocycles. The largest absolute Gasteiger partial charge is 0.481 e. The summed E-state index contributed by atoms with van der Waals surface area (Å²) in [6, 6.07) is 4.09. The summed E-state index contributed by atoms with van der Waals surface area (Å²) >= 11 is 1.69. The number of hydrogen-bond acceptors (Lipinski definition) is 4. The first-order valence-electron chi connectivity index (χ1n) is 6.55. The van der Waals surface area contributed by atoms with Crippen molar-refractivity contribution in [3.63, 3.8) is 0 Å². The molecule has 0 radical (unpaired) electrons. The lowest BCUT2D eigenvalue weighted by Gasteiger charge is -2.12. The summed E-state index contributed by atoms with van der Waals surface area (Å²) in [6.07, 6.45) is 1.21. The molecule has 1 unspecified atom stereocenters. The van der Waals surface area contributed by atoms with E-state index in [0.717, 1.165) is 29.2 Å². The minimum Gasteiger partial charge on any atom is -0.481 e. The number of nitrogens with zero attached hydrogens (tertiary/aromatic N) is 2. The van der Waals surface area contributed by atoms with Crippen molar-refractivity contribution in [3.8, 4) is 0 Å². The molecule has 0 saturated heterocycles. The molecule has 106 valence electrons. The quantitative estimate of drug-likeness (QED) is 0.919. The smallest absolute Gasteiger partial charge is 0.306 e. The summed E-state index contributed by atoms with van der Waals surface area (Å²) < 4.78 is 0. The Labute approximate surface area is 122 Å². The van der Waals surface area contributed by atoms with Gasteiger partial charge in [0.2, 0.25) is 0 Å². The van der Waals surface area contributed by atoms with Crippen molar-refractivity contribution >= 4 is 17.3 Å². The lowest BCUT2D eigenvalue weighted by atomic mass is 9.99. The van der Waals surface area contributed by atoms with Crippen LogP contribution in [0.15, 0.2) is 17.5 Å². The molecule has 0 fully saturated rings. The van der Waals surface area contributed by atoms with Gasteiger partial charge in [0.05, 0.1) is 5.92 Å². The summed E-state index contributed by atoms with van der Waals surface area (Å²) in [4.78, 5) is 21.2. The van der Waals surface area contributed by atoms with Gasteiger partial charge < -0.3 is 5.11 Å². The maximum absolute atomic E-state index is 11.0. The number of aliphatic carboxylic acids is 1. The van der Waals surface area contributed by atoms with Crippen molar-refractivity contribution < 1.29 is 9.90 Å². The molecule has 20 heavy (non-hydrogen) atoms. The maximum Gasteiger partial charge on any atom is 0.306 e. The molecule has 2 aromatic rings. The second kappa shape index (κ2) is 6.13. The van der Waals surface area contributed by atoms with Crippen LogP contribution in [0.3, 0.4) is 0 Å². The van der Waals surface area contributed by atoms with Crippen LogP contribution in [-0.4, -0.2) is 21.0 Å². The lowest BCUT2D eigenvalue weighted by Crippen LogP contribution is -2.15. The third-order valence-electron chi connectivity index (χ3n) is 3.31. The number of carboxylic acids is 1. The number of hydrogen-bond donors (Lipinski definition) is 1. The predicted octanol–water partition coefficient (Wildman–Crippen LogP) is 3.01. The number of aryl methyl sites for hydroxylation is 2. The zero-order valence-corrected chi connectivity index (χ0v) is 12.7. The van der Waals surface area contributed by atoms with E-state index in [4.69, 9.17) is 5.11 Å². The fourth-order valence-corrected chi connectivity index (χ4v) is 2.85. The van der Waals surface area contributed by atoms with E-state index < -0.39 is 11.9 Å². The zero-order chi connectivity index (χ0) is 14.7. The van der Waals surface area contributed by atoms with E-state index in [1.54, 1.807) is 18.3 Å². The fourth-order valence-electron chi connectivity index (χ4n) is 2.15. The van der Waals surface area contributed by atoms with Crippen molar-refractivity contribution in [1.82, 2.24) is 9.97 Å². The van der Waals surface area contributed by atoms with E-state index in [1.165, 1.54) is 4.88 Å². The van der Waals surface area contributed by atoms with Crippen LogP contribution in [0.1, 0.15) is 34.6 Å². The van der Waals surface area contributed by atoms with Crippen molar-refractivity contribution in [2.45, 2.75) is 33.6 Å². The van der Waals surface area contributed by atoms with Crippen molar-refractivity contribution in [3.05, 3.63) is 45.2 Å². The molecule has 1 N–H and O–H groups in total. The molecular weight excluding hydrogens is 272 g/mol. The molecule has 2 heterocycles. The lowest BCUT2D eigenvalue weighted by molar-refractivity contribution is -0.141. The highest BCUT2D eigenvalue weighted by atomic mass is 32.1. The first kappa shape index (κ1) is 14.7. The van der Waals surface area contributed by atoms with E-state index in [9.17, 15) is 4.79 Å². The molecular formula is C15H18N2O2S. The van der Waals surface area contributed by atoms with E-state index in [2.05, 4.69) is 16.0 Å². The van der Waals surface area contributed by atoms with Crippen LogP contribution in [0.2, 0.25) is 0 Å². The number of carbonyl (C=O) groups is 1. The summed E-state index contributed by atoms with van der Waals surface area (Å²) in [5.41, 5.74) is 2.73. The molecule has 0 spiro atoms. The SMILES string of the molecule is Cc1nc(Cc2cccs2)nc(C)c1CC(C)C(=O)O. The molecule has 0 aromatic carbocycles. The number of rotatable bonds is 5. The average molecular weight is 290 g/mol. The Bertz CT molecular complexity index is 585. The van der Waals surface area contributed by atoms with Crippen LogP contribution >= 0.6 is 11.3 Å². The molecule has 5 heteroatoms. The van der Waals surface area contributed by atoms with Crippen LogP contribution in [0.4, 0.5) is 0 Å². The normalized spacial score (nSPS) is 12.3. The molecule has 0 amide bonds. The van der Waals surface area contributed by atoms with Gasteiger partial charge >= 0.3 is 5.97 Å². The van der Waals surface area contributed by atoms with Crippen molar-refractivity contribution in [1.29, 1.82) is 0 Å². The third-order valence-corrected chi connectivity index (χ3v) is 4.19. The minimum atomic E-state index is -0.786. The fraction of sp³-hybridized carbons (Fsp3) is 0.400. The Morgan fingerprint density at radius 1 is 1.35 bits per heavy atom. The first-order chi connectivity index (χ1) is 9.47. The molecule has 2 rings (SSSR count). The maximum atomic E-state index is 11.0. The number of thiophene rings is 1. The van der Waals surface area contributed by atoms with Gasteiger partial charge in [-0.15, -0.1) is 11.3 Å². The highest BCUT2D eigenvalue weighted by molar-refractivity contribution is 7.09. The van der Waals surface area contributed by atoms with Gasteiger partial charge in [0, 0.05) is 22.7 Å². The molecule has 1 atom stereocenters. The summed E-state index contributed by atoms with van der Waals surface area (Å²) in [7, 11) is 0. The zero-order valence-electron chi connectivity index (χ0n) is 11.9. The van der Waals surface area contributed by atoms with Gasteiger partial charge in [-0.3, -0.25) is 4.79 Å². The highest BCUT2D eigenvalue weighted by Gasteiger charge is 2.16.